The lowest BCUT2D eigenvalue weighted by atomic mass is 10.1. The summed E-state index contributed by atoms with van der Waals surface area (Å²) in [6.07, 6.45) is 3.61. The van der Waals surface area contributed by atoms with Gasteiger partial charge >= 0.3 is 0 Å². The number of carbonyl (C=O) groups is 1. The minimum atomic E-state index is -3.60. The lowest BCUT2D eigenvalue weighted by molar-refractivity contribution is -0.117. The van der Waals surface area contributed by atoms with Crippen molar-refractivity contribution in [3.8, 4) is 0 Å². The number of carbonyl (C=O) groups excluding carboxylic acids is 1. The third-order valence-corrected chi connectivity index (χ3v) is 5.01. The van der Waals surface area contributed by atoms with Crippen molar-refractivity contribution in [3.63, 3.8) is 0 Å². The molecular formula is C15H16ClN3O3S. The Labute approximate surface area is 139 Å². The second-order valence-corrected chi connectivity index (χ2v) is 8.48. The van der Waals surface area contributed by atoms with Gasteiger partial charge in [0, 0.05) is 35.8 Å². The Morgan fingerprint density at radius 2 is 2.00 bits per heavy atom. The Hall–Kier alpha value is -1.86. The van der Waals surface area contributed by atoms with E-state index in [1.54, 1.807) is 22.0 Å². The minimum Gasteiger partial charge on any atom is -0.309 e. The first-order valence-corrected chi connectivity index (χ1v) is 9.67. The summed E-state index contributed by atoms with van der Waals surface area (Å²) < 4.78 is 24.1. The molecule has 1 fully saturated rings. The molecule has 1 aliphatic rings. The molecule has 1 saturated heterocycles. The zero-order valence-corrected chi connectivity index (χ0v) is 13.9. The molecule has 0 bridgehead atoms. The number of nitrogens with zero attached hydrogens (tertiary/aromatic N) is 3. The number of hydrogen-bond donors (Lipinski definition) is 0. The summed E-state index contributed by atoms with van der Waals surface area (Å²) in [7, 11) is 1.68. The van der Waals surface area contributed by atoms with Crippen LogP contribution in [0.4, 0.5) is 5.69 Å². The number of rotatable bonds is 5. The van der Waals surface area contributed by atoms with Gasteiger partial charge in [0.2, 0.25) is 15.0 Å². The van der Waals surface area contributed by atoms with Crippen molar-refractivity contribution in [2.45, 2.75) is 13.0 Å². The standard InChI is InChI=1S/C15H16ClN3O3S/c16-23(21,22)11-13-6-15(20)19(9-13)14-7-17-18(10-14)8-12-4-2-1-3-5-12/h1-5,7,10,13H,6,8-9,11H2. The molecule has 122 valence electrons. The Morgan fingerprint density at radius 3 is 2.70 bits per heavy atom. The summed E-state index contributed by atoms with van der Waals surface area (Å²) in [6.45, 7) is 0.962. The van der Waals surface area contributed by atoms with E-state index in [1.165, 1.54) is 0 Å². The summed E-state index contributed by atoms with van der Waals surface area (Å²) in [5.41, 5.74) is 1.79. The lowest BCUT2D eigenvalue weighted by Crippen LogP contribution is -2.24. The maximum absolute atomic E-state index is 12.1. The van der Waals surface area contributed by atoms with Gasteiger partial charge in [0.15, 0.2) is 0 Å². The smallest absolute Gasteiger partial charge is 0.232 e. The fraction of sp³-hybridized carbons (Fsp3) is 0.333. The SMILES string of the molecule is O=C1CC(CS(=O)(=O)Cl)CN1c1cnn(Cc2ccccc2)c1. The van der Waals surface area contributed by atoms with E-state index >= 15 is 0 Å². The van der Waals surface area contributed by atoms with Crippen LogP contribution in [0, 0.1) is 5.92 Å². The van der Waals surface area contributed by atoms with Gasteiger partial charge in [-0.2, -0.15) is 5.10 Å². The second-order valence-electron chi connectivity index (χ2n) is 5.66. The first-order chi connectivity index (χ1) is 10.9. The van der Waals surface area contributed by atoms with Gasteiger partial charge in [-0.15, -0.1) is 0 Å². The number of halogens is 1. The average Bonchev–Trinajstić information content (AvgIpc) is 3.05. The lowest BCUT2D eigenvalue weighted by Gasteiger charge is -2.13. The first-order valence-electron chi connectivity index (χ1n) is 7.20. The highest BCUT2D eigenvalue weighted by Gasteiger charge is 2.33. The predicted molar refractivity (Wildman–Crippen MR) is 87.9 cm³/mol. The van der Waals surface area contributed by atoms with Crippen LogP contribution in [0.3, 0.4) is 0 Å². The number of aromatic nitrogens is 2. The molecule has 0 saturated carbocycles. The van der Waals surface area contributed by atoms with Gasteiger partial charge in [-0.25, -0.2) is 8.42 Å². The van der Waals surface area contributed by atoms with Gasteiger partial charge in [-0.05, 0) is 5.56 Å². The quantitative estimate of drug-likeness (QED) is 0.769. The maximum Gasteiger partial charge on any atom is 0.232 e. The summed E-state index contributed by atoms with van der Waals surface area (Å²) in [4.78, 5) is 13.7. The van der Waals surface area contributed by atoms with Gasteiger partial charge in [-0.3, -0.25) is 9.48 Å². The van der Waals surface area contributed by atoms with Crippen molar-refractivity contribution >= 4 is 31.3 Å². The van der Waals surface area contributed by atoms with E-state index < -0.39 is 9.05 Å². The van der Waals surface area contributed by atoms with Gasteiger partial charge in [-0.1, -0.05) is 30.3 Å². The van der Waals surface area contributed by atoms with Crippen molar-refractivity contribution in [1.82, 2.24) is 9.78 Å². The topological polar surface area (TPSA) is 72.3 Å². The molecule has 23 heavy (non-hydrogen) atoms. The van der Waals surface area contributed by atoms with Crippen LogP contribution < -0.4 is 4.90 Å². The summed E-state index contributed by atoms with van der Waals surface area (Å²) in [6, 6.07) is 9.88. The van der Waals surface area contributed by atoms with Crippen molar-refractivity contribution < 1.29 is 13.2 Å². The molecule has 1 amide bonds. The Bertz CT molecular complexity index is 804. The van der Waals surface area contributed by atoms with Crippen LogP contribution in [0.2, 0.25) is 0 Å². The normalized spacial score (nSPS) is 18.6. The molecule has 2 heterocycles. The molecule has 0 radical (unpaired) electrons. The molecule has 1 aliphatic heterocycles. The van der Waals surface area contributed by atoms with Crippen molar-refractivity contribution in [2.75, 3.05) is 17.2 Å². The highest BCUT2D eigenvalue weighted by molar-refractivity contribution is 8.13. The third kappa shape index (κ3) is 4.11. The Balaban J connectivity index is 1.69. The molecule has 3 rings (SSSR count). The van der Waals surface area contributed by atoms with Crippen LogP contribution in [0.15, 0.2) is 42.7 Å². The average molecular weight is 354 g/mol. The van der Waals surface area contributed by atoms with Gasteiger partial charge in [0.1, 0.15) is 0 Å². The second kappa shape index (κ2) is 6.33. The van der Waals surface area contributed by atoms with E-state index in [1.807, 2.05) is 30.3 Å². The molecular weight excluding hydrogens is 338 g/mol. The maximum atomic E-state index is 12.1. The zero-order chi connectivity index (χ0) is 16.4. The van der Waals surface area contributed by atoms with Crippen LogP contribution in [-0.4, -0.2) is 36.4 Å². The summed E-state index contributed by atoms with van der Waals surface area (Å²) >= 11 is 0. The van der Waals surface area contributed by atoms with E-state index in [0.29, 0.717) is 18.8 Å². The Kier molecular flexibility index (Phi) is 4.41. The molecule has 0 spiro atoms. The van der Waals surface area contributed by atoms with E-state index in [0.717, 1.165) is 5.56 Å². The molecule has 0 N–H and O–H groups in total. The minimum absolute atomic E-state index is 0.102. The zero-order valence-electron chi connectivity index (χ0n) is 12.3. The number of benzene rings is 1. The molecule has 1 aromatic heterocycles. The van der Waals surface area contributed by atoms with Crippen LogP contribution in [0.25, 0.3) is 0 Å². The number of amides is 1. The predicted octanol–water partition coefficient (Wildman–Crippen LogP) is 1.85. The van der Waals surface area contributed by atoms with Crippen molar-refractivity contribution in [2.24, 2.45) is 5.92 Å². The van der Waals surface area contributed by atoms with E-state index in [9.17, 15) is 13.2 Å². The highest BCUT2D eigenvalue weighted by Crippen LogP contribution is 2.26. The highest BCUT2D eigenvalue weighted by atomic mass is 35.7. The first kappa shape index (κ1) is 16.0. The van der Waals surface area contributed by atoms with Crippen LogP contribution in [0.1, 0.15) is 12.0 Å². The fourth-order valence-corrected chi connectivity index (χ4v) is 4.09. The van der Waals surface area contributed by atoms with E-state index in [4.69, 9.17) is 10.7 Å². The Morgan fingerprint density at radius 1 is 1.26 bits per heavy atom. The van der Waals surface area contributed by atoms with Crippen molar-refractivity contribution in [1.29, 1.82) is 0 Å². The molecule has 8 heteroatoms. The van der Waals surface area contributed by atoms with E-state index in [2.05, 4.69) is 5.10 Å². The van der Waals surface area contributed by atoms with Crippen LogP contribution in [-0.2, 0) is 20.4 Å². The largest absolute Gasteiger partial charge is 0.309 e. The molecule has 0 aliphatic carbocycles. The fourth-order valence-electron chi connectivity index (χ4n) is 2.77. The van der Waals surface area contributed by atoms with Crippen LogP contribution >= 0.6 is 10.7 Å². The monoisotopic (exact) mass is 353 g/mol. The summed E-state index contributed by atoms with van der Waals surface area (Å²) in [5.74, 6) is -0.563. The number of hydrogen-bond acceptors (Lipinski definition) is 4. The molecule has 2 aromatic rings. The molecule has 1 unspecified atom stereocenters. The van der Waals surface area contributed by atoms with Gasteiger partial charge < -0.3 is 4.90 Å². The molecule has 1 aromatic carbocycles. The van der Waals surface area contributed by atoms with Gasteiger partial charge in [0.25, 0.3) is 0 Å². The van der Waals surface area contributed by atoms with Gasteiger partial charge in [0.05, 0.1) is 24.2 Å². The third-order valence-electron chi connectivity index (χ3n) is 3.76. The van der Waals surface area contributed by atoms with Crippen molar-refractivity contribution in [3.05, 3.63) is 48.3 Å². The van der Waals surface area contributed by atoms with E-state index in [-0.39, 0.29) is 24.0 Å². The summed E-state index contributed by atoms with van der Waals surface area (Å²) in [5, 5.41) is 4.27. The number of anilines is 1. The van der Waals surface area contributed by atoms with Crippen LogP contribution in [0.5, 0.6) is 0 Å². The molecule has 1 atom stereocenters. The molecule has 6 nitrogen and oxygen atoms in total.